The smallest absolute Gasteiger partial charge is 0.295 e. The first-order chi connectivity index (χ1) is 15.6. The minimum absolute atomic E-state index is 0.150. The minimum Gasteiger partial charge on any atom is -0.507 e. The molecule has 1 saturated heterocycles. The minimum atomic E-state index is -0.945. The standard InChI is InChI=1S/C23H25N3O7/c1-24(2)11-4-12-25-20(15-7-10-18(33-3)17(27)13-15)19(22(29)23(25)30)21(28)14-5-8-16(9-6-14)26(31)32/h5-10,13,20,27-28H,4,11-12H2,1-3H3/b21-19-. The molecule has 0 bridgehead atoms. The van der Waals surface area contributed by atoms with Crippen molar-refractivity contribution in [3.05, 3.63) is 69.3 Å². The van der Waals surface area contributed by atoms with Crippen molar-refractivity contribution in [2.24, 2.45) is 0 Å². The number of aliphatic hydroxyl groups is 1. The van der Waals surface area contributed by atoms with E-state index in [1.807, 2.05) is 19.0 Å². The molecule has 3 rings (SSSR count). The van der Waals surface area contributed by atoms with Gasteiger partial charge in [0, 0.05) is 24.2 Å². The third-order valence-electron chi connectivity index (χ3n) is 5.41. The number of non-ortho nitro benzene ring substituents is 1. The Labute approximate surface area is 190 Å². The van der Waals surface area contributed by atoms with Crippen molar-refractivity contribution in [3.8, 4) is 11.5 Å². The average molecular weight is 455 g/mol. The van der Waals surface area contributed by atoms with E-state index in [0.717, 1.165) is 0 Å². The number of benzene rings is 2. The second-order valence-electron chi connectivity index (χ2n) is 7.88. The van der Waals surface area contributed by atoms with Crippen LogP contribution in [0.5, 0.6) is 11.5 Å². The van der Waals surface area contributed by atoms with Gasteiger partial charge in [0.15, 0.2) is 11.5 Å². The summed E-state index contributed by atoms with van der Waals surface area (Å²) in [6.45, 7) is 0.920. The van der Waals surface area contributed by atoms with Gasteiger partial charge in [-0.15, -0.1) is 0 Å². The number of hydrogen-bond donors (Lipinski definition) is 2. The van der Waals surface area contributed by atoms with Crippen LogP contribution in [0.1, 0.15) is 23.6 Å². The Kier molecular flexibility index (Phi) is 6.98. The van der Waals surface area contributed by atoms with Crippen LogP contribution in [-0.2, 0) is 9.59 Å². The number of phenolic OH excluding ortho intramolecular Hbond substituents is 1. The van der Waals surface area contributed by atoms with E-state index in [1.165, 1.54) is 48.4 Å². The van der Waals surface area contributed by atoms with E-state index in [1.54, 1.807) is 6.07 Å². The summed E-state index contributed by atoms with van der Waals surface area (Å²) in [5, 5.41) is 32.2. The summed E-state index contributed by atoms with van der Waals surface area (Å²) in [5.74, 6) is -2.03. The number of aromatic hydroxyl groups is 1. The van der Waals surface area contributed by atoms with E-state index in [-0.39, 0.29) is 34.9 Å². The normalized spacial score (nSPS) is 17.6. The molecular weight excluding hydrogens is 430 g/mol. The topological polar surface area (TPSA) is 133 Å². The van der Waals surface area contributed by atoms with Gasteiger partial charge < -0.3 is 24.7 Å². The Morgan fingerprint density at radius 2 is 1.85 bits per heavy atom. The van der Waals surface area contributed by atoms with Crippen molar-refractivity contribution in [1.82, 2.24) is 9.80 Å². The molecule has 1 unspecified atom stereocenters. The molecule has 2 aromatic rings. The second-order valence-corrected chi connectivity index (χ2v) is 7.88. The summed E-state index contributed by atoms with van der Waals surface area (Å²) in [5.41, 5.74) is 0.256. The molecule has 33 heavy (non-hydrogen) atoms. The van der Waals surface area contributed by atoms with Crippen LogP contribution >= 0.6 is 0 Å². The monoisotopic (exact) mass is 455 g/mol. The van der Waals surface area contributed by atoms with E-state index in [2.05, 4.69) is 0 Å². The average Bonchev–Trinajstić information content (AvgIpc) is 3.03. The Bertz CT molecular complexity index is 1110. The molecule has 2 N–H and O–H groups in total. The summed E-state index contributed by atoms with van der Waals surface area (Å²) < 4.78 is 5.08. The van der Waals surface area contributed by atoms with E-state index in [0.29, 0.717) is 18.5 Å². The van der Waals surface area contributed by atoms with Gasteiger partial charge in [-0.2, -0.15) is 0 Å². The molecule has 1 heterocycles. The lowest BCUT2D eigenvalue weighted by Gasteiger charge is -2.26. The predicted octanol–water partition coefficient (Wildman–Crippen LogP) is 2.68. The van der Waals surface area contributed by atoms with Gasteiger partial charge in [-0.3, -0.25) is 19.7 Å². The first-order valence-electron chi connectivity index (χ1n) is 10.2. The van der Waals surface area contributed by atoms with Gasteiger partial charge >= 0.3 is 0 Å². The second kappa shape index (κ2) is 9.70. The molecule has 1 aliphatic heterocycles. The number of carbonyl (C=O) groups is 2. The number of phenols is 1. The van der Waals surface area contributed by atoms with Gasteiger partial charge in [0.2, 0.25) is 0 Å². The zero-order valence-corrected chi connectivity index (χ0v) is 18.5. The number of nitrogens with zero attached hydrogens (tertiary/aromatic N) is 3. The summed E-state index contributed by atoms with van der Waals surface area (Å²) in [4.78, 5) is 39.6. The number of amides is 1. The lowest BCUT2D eigenvalue weighted by molar-refractivity contribution is -0.384. The number of rotatable bonds is 8. The fourth-order valence-electron chi connectivity index (χ4n) is 3.79. The highest BCUT2D eigenvalue weighted by atomic mass is 16.6. The van der Waals surface area contributed by atoms with Crippen LogP contribution in [0.15, 0.2) is 48.0 Å². The SMILES string of the molecule is COc1ccc(C2/C(=C(/O)c3ccc([N+](=O)[O-])cc3)C(=O)C(=O)N2CCCN(C)C)cc1O. The Hall–Kier alpha value is -3.92. The van der Waals surface area contributed by atoms with Crippen molar-refractivity contribution in [2.45, 2.75) is 12.5 Å². The Morgan fingerprint density at radius 1 is 1.18 bits per heavy atom. The molecule has 0 saturated carbocycles. The summed E-state index contributed by atoms with van der Waals surface area (Å²) >= 11 is 0. The quantitative estimate of drug-likeness (QED) is 0.204. The summed E-state index contributed by atoms with van der Waals surface area (Å²) in [6, 6.07) is 8.60. The highest BCUT2D eigenvalue weighted by Crippen LogP contribution is 2.41. The predicted molar refractivity (Wildman–Crippen MR) is 120 cm³/mol. The van der Waals surface area contributed by atoms with Crippen LogP contribution in [0, 0.1) is 10.1 Å². The van der Waals surface area contributed by atoms with Gasteiger partial charge in [-0.1, -0.05) is 6.07 Å². The molecule has 1 fully saturated rings. The maximum atomic E-state index is 13.0. The van der Waals surface area contributed by atoms with Gasteiger partial charge in [-0.05, 0) is 56.9 Å². The highest BCUT2D eigenvalue weighted by molar-refractivity contribution is 6.46. The van der Waals surface area contributed by atoms with Crippen LogP contribution < -0.4 is 4.74 Å². The van der Waals surface area contributed by atoms with Crippen LogP contribution in [0.4, 0.5) is 5.69 Å². The van der Waals surface area contributed by atoms with E-state index in [4.69, 9.17) is 4.74 Å². The molecule has 0 radical (unpaired) electrons. The number of nitro benzene ring substituents is 1. The number of methoxy groups -OCH3 is 1. The highest BCUT2D eigenvalue weighted by Gasteiger charge is 2.46. The summed E-state index contributed by atoms with van der Waals surface area (Å²) in [7, 11) is 5.18. The molecule has 10 heteroatoms. The molecule has 1 amide bonds. The summed E-state index contributed by atoms with van der Waals surface area (Å²) in [6.07, 6.45) is 0.580. The number of hydrogen-bond acceptors (Lipinski definition) is 8. The number of Topliss-reactive ketones (excluding diaryl/α,β-unsaturated/α-hetero) is 1. The number of likely N-dealkylation sites (tertiary alicyclic amines) is 1. The van der Waals surface area contributed by atoms with Gasteiger partial charge in [0.25, 0.3) is 17.4 Å². The lowest BCUT2D eigenvalue weighted by Crippen LogP contribution is -2.32. The number of ketones is 1. The van der Waals surface area contributed by atoms with Crippen LogP contribution in [0.3, 0.4) is 0 Å². The largest absolute Gasteiger partial charge is 0.507 e. The van der Waals surface area contributed by atoms with E-state index in [9.17, 15) is 29.9 Å². The third kappa shape index (κ3) is 4.80. The first kappa shape index (κ1) is 23.7. The lowest BCUT2D eigenvalue weighted by atomic mass is 9.95. The van der Waals surface area contributed by atoms with Crippen LogP contribution in [0.25, 0.3) is 5.76 Å². The van der Waals surface area contributed by atoms with E-state index >= 15 is 0 Å². The van der Waals surface area contributed by atoms with Gasteiger partial charge in [0.1, 0.15) is 5.76 Å². The number of carbonyl (C=O) groups excluding carboxylic acids is 2. The van der Waals surface area contributed by atoms with Crippen LogP contribution in [0.2, 0.25) is 0 Å². The Morgan fingerprint density at radius 3 is 2.39 bits per heavy atom. The van der Waals surface area contributed by atoms with E-state index < -0.39 is 28.4 Å². The van der Waals surface area contributed by atoms with Crippen LogP contribution in [-0.4, -0.2) is 70.9 Å². The maximum Gasteiger partial charge on any atom is 0.295 e. The maximum absolute atomic E-state index is 13.0. The molecule has 174 valence electrons. The molecule has 1 aliphatic rings. The fourth-order valence-corrected chi connectivity index (χ4v) is 3.79. The van der Waals surface area contributed by atoms with Crippen molar-refractivity contribution in [1.29, 1.82) is 0 Å². The molecule has 10 nitrogen and oxygen atoms in total. The molecule has 0 aromatic heterocycles. The van der Waals surface area contributed by atoms with Gasteiger partial charge in [0.05, 0.1) is 23.6 Å². The third-order valence-corrected chi connectivity index (χ3v) is 5.41. The first-order valence-corrected chi connectivity index (χ1v) is 10.2. The number of ether oxygens (including phenoxy) is 1. The van der Waals surface area contributed by atoms with Crippen molar-refractivity contribution >= 4 is 23.1 Å². The number of aliphatic hydroxyl groups excluding tert-OH is 1. The number of nitro groups is 1. The molecule has 0 spiro atoms. The molecule has 2 aromatic carbocycles. The molecule has 1 atom stereocenters. The van der Waals surface area contributed by atoms with Crippen molar-refractivity contribution in [2.75, 3.05) is 34.3 Å². The Balaban J connectivity index is 2.11. The molecule has 0 aliphatic carbocycles. The zero-order valence-electron chi connectivity index (χ0n) is 18.5. The van der Waals surface area contributed by atoms with Crippen molar-refractivity contribution < 1.29 is 29.5 Å². The van der Waals surface area contributed by atoms with Gasteiger partial charge in [-0.25, -0.2) is 0 Å². The van der Waals surface area contributed by atoms with Crippen molar-refractivity contribution in [3.63, 3.8) is 0 Å². The molecular formula is C23H25N3O7. The fraction of sp³-hybridized carbons (Fsp3) is 0.304. The zero-order chi connectivity index (χ0) is 24.3.